The minimum atomic E-state index is -0.255. The van der Waals surface area contributed by atoms with E-state index < -0.39 is 0 Å². The van der Waals surface area contributed by atoms with E-state index in [1.807, 2.05) is 11.8 Å². The van der Waals surface area contributed by atoms with Gasteiger partial charge in [-0.1, -0.05) is 13.8 Å². The zero-order valence-electron chi connectivity index (χ0n) is 11.6. The quantitative estimate of drug-likeness (QED) is 0.825. The summed E-state index contributed by atoms with van der Waals surface area (Å²) >= 11 is 0. The van der Waals surface area contributed by atoms with Crippen LogP contribution in [0, 0.1) is 11.8 Å². The Morgan fingerprint density at radius 1 is 1.33 bits per heavy atom. The van der Waals surface area contributed by atoms with Crippen molar-refractivity contribution in [3.05, 3.63) is 0 Å². The number of nitrogens with one attached hydrogen (secondary N) is 1. The molecule has 0 aromatic rings. The summed E-state index contributed by atoms with van der Waals surface area (Å²) < 4.78 is 0. The van der Waals surface area contributed by atoms with E-state index in [1.165, 1.54) is 0 Å². The van der Waals surface area contributed by atoms with E-state index in [2.05, 4.69) is 19.2 Å². The molecule has 0 radical (unpaired) electrons. The first kappa shape index (κ1) is 13.4. The van der Waals surface area contributed by atoms with Crippen LogP contribution in [-0.4, -0.2) is 35.3 Å². The second kappa shape index (κ2) is 5.29. The summed E-state index contributed by atoms with van der Waals surface area (Å²) in [6.07, 6.45) is 3.58. The summed E-state index contributed by atoms with van der Waals surface area (Å²) in [5, 5.41) is 2.91. The van der Waals surface area contributed by atoms with Crippen LogP contribution in [0.5, 0.6) is 0 Å². The van der Waals surface area contributed by atoms with Crippen LogP contribution in [0.4, 0.5) is 0 Å². The van der Waals surface area contributed by atoms with E-state index in [1.54, 1.807) is 0 Å². The Kier molecular flexibility index (Phi) is 3.93. The molecule has 0 bridgehead atoms. The fraction of sp³-hybridized carbons (Fsp3) is 0.857. The lowest BCUT2D eigenvalue weighted by atomic mass is 10.1. The van der Waals surface area contributed by atoms with Crippen LogP contribution >= 0.6 is 0 Å². The van der Waals surface area contributed by atoms with Crippen LogP contribution in [0.1, 0.15) is 46.5 Å². The van der Waals surface area contributed by atoms with E-state index in [0.717, 1.165) is 25.8 Å². The average molecular weight is 252 g/mol. The maximum atomic E-state index is 12.5. The lowest BCUT2D eigenvalue weighted by Crippen LogP contribution is -2.48. The third-order valence-corrected chi connectivity index (χ3v) is 3.92. The second-order valence-electron chi connectivity index (χ2n) is 6.15. The van der Waals surface area contributed by atoms with Crippen LogP contribution in [0.2, 0.25) is 0 Å². The maximum absolute atomic E-state index is 12.5. The molecule has 18 heavy (non-hydrogen) atoms. The molecule has 1 saturated heterocycles. The van der Waals surface area contributed by atoms with Gasteiger partial charge in [-0.05, 0) is 38.0 Å². The molecule has 102 valence electrons. The fourth-order valence-electron chi connectivity index (χ4n) is 2.55. The van der Waals surface area contributed by atoms with Gasteiger partial charge in [0.2, 0.25) is 11.8 Å². The molecule has 0 aromatic carbocycles. The summed E-state index contributed by atoms with van der Waals surface area (Å²) in [7, 11) is 0. The minimum absolute atomic E-state index is 0.0276. The second-order valence-corrected chi connectivity index (χ2v) is 6.15. The van der Waals surface area contributed by atoms with Crippen molar-refractivity contribution in [1.82, 2.24) is 10.2 Å². The highest BCUT2D eigenvalue weighted by Crippen LogP contribution is 2.34. The van der Waals surface area contributed by atoms with Gasteiger partial charge >= 0.3 is 0 Å². The Morgan fingerprint density at radius 3 is 2.56 bits per heavy atom. The normalized spacial score (nSPS) is 29.4. The molecule has 1 saturated carbocycles. The minimum Gasteiger partial charge on any atom is -0.344 e. The third kappa shape index (κ3) is 3.03. The molecule has 1 N–H and O–H groups in total. The van der Waals surface area contributed by atoms with Gasteiger partial charge in [0.05, 0.1) is 0 Å². The fourth-order valence-corrected chi connectivity index (χ4v) is 2.55. The molecule has 1 heterocycles. The van der Waals surface area contributed by atoms with Crippen LogP contribution in [0.15, 0.2) is 0 Å². The van der Waals surface area contributed by atoms with Gasteiger partial charge in [-0.3, -0.25) is 9.59 Å². The molecule has 2 unspecified atom stereocenters. The van der Waals surface area contributed by atoms with Gasteiger partial charge in [0.1, 0.15) is 6.04 Å². The molecule has 0 aromatic heterocycles. The lowest BCUT2D eigenvalue weighted by Gasteiger charge is -2.29. The van der Waals surface area contributed by atoms with Gasteiger partial charge < -0.3 is 10.2 Å². The molecule has 4 heteroatoms. The highest BCUT2D eigenvalue weighted by Gasteiger charge is 2.42. The van der Waals surface area contributed by atoms with Crippen molar-refractivity contribution in [2.75, 3.05) is 6.54 Å². The SMILES string of the molecule is CC(C)CCN1C(=O)C(C2CC2)NC(=O)CC1C. The average Bonchev–Trinajstić information content (AvgIpc) is 3.08. The Hall–Kier alpha value is -1.06. The van der Waals surface area contributed by atoms with Gasteiger partial charge in [0.15, 0.2) is 0 Å². The Labute approximate surface area is 109 Å². The zero-order chi connectivity index (χ0) is 13.3. The Bertz CT molecular complexity index is 337. The number of amides is 2. The molecular formula is C14H24N2O2. The molecule has 2 fully saturated rings. The summed E-state index contributed by atoms with van der Waals surface area (Å²) in [5.74, 6) is 1.13. The summed E-state index contributed by atoms with van der Waals surface area (Å²) in [6, 6.07) is -0.227. The van der Waals surface area contributed by atoms with Crippen molar-refractivity contribution in [1.29, 1.82) is 0 Å². The molecule has 2 amide bonds. The summed E-state index contributed by atoms with van der Waals surface area (Å²) in [5.41, 5.74) is 0. The van der Waals surface area contributed by atoms with Crippen molar-refractivity contribution < 1.29 is 9.59 Å². The third-order valence-electron chi connectivity index (χ3n) is 3.92. The first-order chi connectivity index (χ1) is 8.49. The summed E-state index contributed by atoms with van der Waals surface area (Å²) in [4.78, 5) is 26.2. The largest absolute Gasteiger partial charge is 0.344 e. The monoisotopic (exact) mass is 252 g/mol. The van der Waals surface area contributed by atoms with Crippen molar-refractivity contribution >= 4 is 11.8 Å². The lowest BCUT2D eigenvalue weighted by molar-refractivity contribution is -0.135. The first-order valence-corrected chi connectivity index (χ1v) is 7.09. The number of rotatable bonds is 4. The standard InChI is InChI=1S/C14H24N2O2/c1-9(2)6-7-16-10(3)8-12(17)15-13(14(16)18)11-4-5-11/h9-11,13H,4-8H2,1-3H3,(H,15,17). The maximum Gasteiger partial charge on any atom is 0.245 e. The number of carbonyl (C=O) groups excluding carboxylic acids is 2. The predicted octanol–water partition coefficient (Wildman–Crippen LogP) is 1.55. The summed E-state index contributed by atoms with van der Waals surface area (Å²) in [6.45, 7) is 7.08. The predicted molar refractivity (Wildman–Crippen MR) is 69.9 cm³/mol. The highest BCUT2D eigenvalue weighted by molar-refractivity contribution is 5.91. The first-order valence-electron chi connectivity index (χ1n) is 7.09. The van der Waals surface area contributed by atoms with Crippen LogP contribution in [-0.2, 0) is 9.59 Å². The Balaban J connectivity index is 2.08. The van der Waals surface area contributed by atoms with Crippen LogP contribution in [0.25, 0.3) is 0 Å². The van der Waals surface area contributed by atoms with E-state index in [0.29, 0.717) is 18.3 Å². The molecule has 4 nitrogen and oxygen atoms in total. The highest BCUT2D eigenvalue weighted by atomic mass is 16.2. The number of nitrogens with zero attached hydrogens (tertiary/aromatic N) is 1. The zero-order valence-corrected chi connectivity index (χ0v) is 11.6. The van der Waals surface area contributed by atoms with Gasteiger partial charge in [-0.2, -0.15) is 0 Å². The Morgan fingerprint density at radius 2 is 2.00 bits per heavy atom. The molecule has 2 atom stereocenters. The van der Waals surface area contributed by atoms with Gasteiger partial charge in [0.25, 0.3) is 0 Å². The van der Waals surface area contributed by atoms with Crippen molar-refractivity contribution in [3.63, 3.8) is 0 Å². The van der Waals surface area contributed by atoms with E-state index in [4.69, 9.17) is 0 Å². The molecule has 2 rings (SSSR count). The van der Waals surface area contributed by atoms with Gasteiger partial charge in [-0.25, -0.2) is 0 Å². The molecule has 1 aliphatic heterocycles. The number of hydrogen-bond acceptors (Lipinski definition) is 2. The van der Waals surface area contributed by atoms with Gasteiger partial charge in [0, 0.05) is 19.0 Å². The van der Waals surface area contributed by atoms with Crippen molar-refractivity contribution in [2.45, 2.75) is 58.5 Å². The van der Waals surface area contributed by atoms with Crippen molar-refractivity contribution in [2.24, 2.45) is 11.8 Å². The van der Waals surface area contributed by atoms with E-state index in [9.17, 15) is 9.59 Å². The topological polar surface area (TPSA) is 49.4 Å². The molecule has 0 spiro atoms. The van der Waals surface area contributed by atoms with E-state index >= 15 is 0 Å². The van der Waals surface area contributed by atoms with Crippen LogP contribution < -0.4 is 5.32 Å². The number of hydrogen-bond donors (Lipinski definition) is 1. The molecule has 2 aliphatic rings. The molecule has 1 aliphatic carbocycles. The molecular weight excluding hydrogens is 228 g/mol. The van der Waals surface area contributed by atoms with E-state index in [-0.39, 0.29) is 23.9 Å². The van der Waals surface area contributed by atoms with Gasteiger partial charge in [-0.15, -0.1) is 0 Å². The van der Waals surface area contributed by atoms with Crippen molar-refractivity contribution in [3.8, 4) is 0 Å². The smallest absolute Gasteiger partial charge is 0.245 e. The number of carbonyl (C=O) groups is 2. The van der Waals surface area contributed by atoms with Crippen LogP contribution in [0.3, 0.4) is 0 Å².